The van der Waals surface area contributed by atoms with Gasteiger partial charge in [-0.25, -0.2) is 24.0 Å². The molecule has 0 saturated carbocycles. The molecule has 4 fully saturated rings. The maximum atomic E-state index is 12.0. The number of thiocarbonyl (C=S) groups is 1. The van der Waals surface area contributed by atoms with Crippen molar-refractivity contribution in [1.29, 1.82) is 0 Å². The van der Waals surface area contributed by atoms with Crippen LogP contribution in [-0.2, 0) is 92.3 Å². The van der Waals surface area contributed by atoms with Crippen LogP contribution in [0.25, 0.3) is 11.1 Å². The van der Waals surface area contributed by atoms with Crippen molar-refractivity contribution in [2.75, 3.05) is 71.3 Å². The van der Waals surface area contributed by atoms with E-state index < -0.39 is 21.9 Å². The second kappa shape index (κ2) is 65.5. The zero-order valence-electron chi connectivity index (χ0n) is 75.7. The number of fused-ring (bicyclic) bond motifs is 6. The molecule has 0 radical (unpaired) electrons. The number of hydrogen-bond donors (Lipinski definition) is 3. The molecular formula is C97H109Cl2I3LiN8NaO18S7. The van der Waals surface area contributed by atoms with Gasteiger partial charge < -0.3 is 43.2 Å². The van der Waals surface area contributed by atoms with Crippen LogP contribution in [-0.4, -0.2) is 152 Å². The maximum absolute atomic E-state index is 12.0. The smallest absolute Gasteiger partial charge is 1.00 e. The van der Waals surface area contributed by atoms with E-state index in [4.69, 9.17) is 66.3 Å². The van der Waals surface area contributed by atoms with E-state index in [-0.39, 0.29) is 197 Å². The van der Waals surface area contributed by atoms with Gasteiger partial charge in [-0.05, 0) is 101 Å². The van der Waals surface area contributed by atoms with Crippen LogP contribution in [0.15, 0.2) is 245 Å². The third-order valence-corrected chi connectivity index (χ3v) is 27.9. The van der Waals surface area contributed by atoms with Gasteiger partial charge in [-0.15, -0.1) is 46.9 Å². The van der Waals surface area contributed by atoms with E-state index in [1.165, 1.54) is 109 Å². The van der Waals surface area contributed by atoms with Crippen LogP contribution in [0.2, 0.25) is 0 Å². The van der Waals surface area contributed by atoms with E-state index in [0.717, 1.165) is 85.0 Å². The molecule has 4 N–H and O–H groups in total. The number of amides is 8. The summed E-state index contributed by atoms with van der Waals surface area (Å²) in [7, 11) is -3.01. The second-order valence-corrected chi connectivity index (χ2v) is 40.0. The van der Waals surface area contributed by atoms with Crippen molar-refractivity contribution in [3.05, 3.63) is 295 Å². The minimum Gasteiger partial charge on any atom is -1.00 e. The third kappa shape index (κ3) is 36.5. The summed E-state index contributed by atoms with van der Waals surface area (Å²) in [5.41, 5.74) is 20.5. The number of carbonyl (C=O) groups excluding carboxylic acids is 8. The number of nitrogens with two attached hydrogens (primary N) is 1. The monoisotopic (exact) mass is 2380 g/mol. The standard InChI is InChI=1S/C30H30N2O3S2.C26H28N2OS2.C24H23NO3S3.C5H6ClNO3.C5H6INO3.C4H5NO3.CH2ClI.CH4O2.CH4.HI.Li.Na.H2/c1-2-3-19-36-30(37-21-35-32-27(33)17-18-28(32)34)29-23-13-7-9-15-25(23)31(20-22-11-5-4-6-12-22)26-16-10-8-14-24(26)29;1-2-3-17-30-26(31-19-29-27)25-21-13-7-9-15-23(21)28(18-20-11-5-4-6-12-20)24-16-10-8-14-22(24)25;26-31(27,28)16-8-15-30-24(29)23-19-11-4-6-13-21(19)25(17-18-9-2-1-3-10-18)22-14-7-5-12-20(22)23;2*6-3-10-7-4(8)1-2-5(7)9;6-3-1-2-4(7)5(3)8;2-1-3;1-3-2;;;;;/h4-16H,2-3,17-21H2,1H3;4-16H,2-3,17-19,27H2,1H3;1-7,9-14,23H,8,15-17H2,(H,26,27,28);2*1-3H2;8H,1-2H2;1H2;2H,1H3;1H4;1H;;;1H/q;;;;;;;;;;2*+1;/p-2/i;;;;;;;;;;;;1+1. The number of rotatable bonds is 30. The molecule has 0 bridgehead atoms. The average molecular weight is 2380 g/mol. The number of benzene rings is 9. The van der Waals surface area contributed by atoms with E-state index >= 15 is 0 Å². The number of thioether (sulfide) groups is 5. The Morgan fingerprint density at radius 2 is 0.745 bits per heavy atom. The van der Waals surface area contributed by atoms with Gasteiger partial charge in [0, 0.05) is 146 Å². The van der Waals surface area contributed by atoms with Gasteiger partial charge in [0.2, 0.25) is 0 Å². The third-order valence-electron chi connectivity index (χ3n) is 20.4. The van der Waals surface area contributed by atoms with Gasteiger partial charge in [-0.1, -0.05) is 327 Å². The van der Waals surface area contributed by atoms with Crippen LogP contribution in [0.1, 0.15) is 162 Å². The molecule has 7 aliphatic rings. The SMILES string of the molecule is C.CCCCSC(SCON)=C1c2ccccc2N(Cc2ccccc2)c2ccccc21.CCCCSC(SCON1C(=O)CCC1=O)=C1c2ccccc2N(Cc2ccccc2)c2ccccc21.COO.ClCI.O=C1CCC(=O)N1O.O=C1CCC(=O)N1OCCl.O=C1CCC(=O)N1OCI.O=S(=O)([O-])CCCSC(=S)C1c2ccccc2N(Cc2ccccc2)c2ccccc21.[2HH].[I-].[Li+].[Na+]. The van der Waals surface area contributed by atoms with Crippen molar-refractivity contribution in [2.45, 2.75) is 130 Å². The van der Waals surface area contributed by atoms with Crippen LogP contribution in [0.3, 0.4) is 0 Å². The quantitative estimate of drug-likeness (QED) is 0.00322. The van der Waals surface area contributed by atoms with Crippen molar-refractivity contribution < 1.29 is 160 Å². The number of hydroxylamine groups is 8. The minimum atomic E-state index is -4.19. The minimum absolute atomic E-state index is 0. The van der Waals surface area contributed by atoms with E-state index in [0.29, 0.717) is 31.7 Å². The molecule has 724 valence electrons. The largest absolute Gasteiger partial charge is 1.00 e. The topological polar surface area (TPSA) is 329 Å². The van der Waals surface area contributed by atoms with Crippen LogP contribution in [0.5, 0.6) is 0 Å². The van der Waals surface area contributed by atoms with Crippen molar-refractivity contribution in [3.63, 3.8) is 0 Å². The molecule has 0 spiro atoms. The Balaban J connectivity index is 0.000000363. The van der Waals surface area contributed by atoms with E-state index in [1.54, 1.807) is 23.5 Å². The van der Waals surface area contributed by atoms with Gasteiger partial charge >= 0.3 is 48.4 Å². The molecule has 9 aromatic carbocycles. The van der Waals surface area contributed by atoms with Crippen LogP contribution in [0.4, 0.5) is 34.1 Å². The summed E-state index contributed by atoms with van der Waals surface area (Å²) in [5.74, 6) is 5.57. The Kier molecular flexibility index (Phi) is 58.2. The summed E-state index contributed by atoms with van der Waals surface area (Å²) >= 11 is 28.4. The first-order valence-corrected chi connectivity index (χ1v) is 53.4. The van der Waals surface area contributed by atoms with Crippen molar-refractivity contribution in [3.8, 4) is 0 Å². The first-order chi connectivity index (χ1) is 64.5. The molecule has 7 heterocycles. The molecule has 40 heteroatoms. The van der Waals surface area contributed by atoms with Gasteiger partial charge in [-0.2, -0.15) is 20.3 Å². The Morgan fingerprint density at radius 1 is 0.460 bits per heavy atom. The molecule has 0 aliphatic carbocycles. The molecule has 0 aromatic heterocycles. The van der Waals surface area contributed by atoms with Gasteiger partial charge in [0.1, 0.15) is 22.6 Å². The van der Waals surface area contributed by atoms with Gasteiger partial charge in [0.25, 0.3) is 47.3 Å². The average Bonchev–Trinajstić information content (AvgIpc) is 1.49. The van der Waals surface area contributed by atoms with Gasteiger partial charge in [0.05, 0.1) is 39.7 Å². The summed E-state index contributed by atoms with van der Waals surface area (Å²) in [6, 6.07) is 82.6. The molecule has 4 saturated heterocycles. The predicted octanol–water partition coefficient (Wildman–Crippen LogP) is 13.9. The number of hydrogen-bond acceptors (Lipinski definition) is 28. The zero-order chi connectivity index (χ0) is 95.6. The van der Waals surface area contributed by atoms with Crippen molar-refractivity contribution in [2.24, 2.45) is 5.90 Å². The summed E-state index contributed by atoms with van der Waals surface area (Å²) in [6.45, 7) is 6.79. The molecule has 137 heavy (non-hydrogen) atoms. The molecular weight excluding hydrogens is 2270 g/mol. The first kappa shape index (κ1) is 122. The fourth-order valence-electron chi connectivity index (χ4n) is 14.5. The molecule has 9 aromatic rings. The summed E-state index contributed by atoms with van der Waals surface area (Å²) in [6.07, 6.45) is 6.68. The summed E-state index contributed by atoms with van der Waals surface area (Å²) in [4.78, 5) is 118. The van der Waals surface area contributed by atoms with E-state index in [9.17, 15) is 51.3 Å². The van der Waals surface area contributed by atoms with Gasteiger partial charge in [-0.3, -0.25) is 63.3 Å². The summed E-state index contributed by atoms with van der Waals surface area (Å²) < 4.78 is 36.9. The number of nitrogens with zero attached hydrogens (tertiary/aromatic N) is 7. The Labute approximate surface area is 918 Å². The molecule has 26 nitrogen and oxygen atoms in total. The molecule has 7 aliphatic heterocycles. The van der Waals surface area contributed by atoms with Crippen LogP contribution < -0.4 is 93.0 Å². The second-order valence-electron chi connectivity index (χ2n) is 29.3. The maximum Gasteiger partial charge on any atom is 1.00 e. The van der Waals surface area contributed by atoms with Crippen molar-refractivity contribution >= 4 is 246 Å². The number of imide groups is 4. The molecule has 0 atom stereocenters. The normalized spacial score (nSPS) is 14.0. The Morgan fingerprint density at radius 3 is 1.05 bits per heavy atom. The molecule has 16 rings (SSSR count). The van der Waals surface area contributed by atoms with Crippen LogP contribution >= 0.6 is 139 Å². The van der Waals surface area contributed by atoms with Crippen LogP contribution in [0, 0.1) is 0 Å². The van der Waals surface area contributed by atoms with Crippen molar-refractivity contribution in [1.82, 2.24) is 20.3 Å². The zero-order valence-corrected chi connectivity index (χ0v) is 91.4. The number of para-hydroxylation sites is 6. The van der Waals surface area contributed by atoms with E-state index in [2.05, 4.69) is 249 Å². The Bertz CT molecular complexity index is 5360. The number of alkyl halides is 4. The Hall–Kier alpha value is -5.78. The fraction of sp³-hybridized carbons (Fsp3) is 0.309. The molecule has 0 unspecified atom stereocenters. The number of carbonyl (C=O) groups is 8. The summed E-state index contributed by atoms with van der Waals surface area (Å²) in [5, 5.41) is 18.1. The predicted molar refractivity (Wildman–Crippen MR) is 561 cm³/mol. The van der Waals surface area contributed by atoms with Gasteiger partial charge in [0.15, 0.2) is 0 Å². The number of unbranched alkanes of at least 4 members (excludes halogenated alkanes) is 2. The fourth-order valence-corrected chi connectivity index (χ4v) is 21.5. The molecule has 8 amide bonds. The number of anilines is 6. The number of halogens is 5. The van der Waals surface area contributed by atoms with E-state index in [1.807, 2.05) is 94.6 Å². The first-order valence-electron chi connectivity index (χ1n) is 42.3.